The average Bonchev–Trinajstić information content (AvgIpc) is 2.34. The first-order valence-corrected chi connectivity index (χ1v) is 5.86. The van der Waals surface area contributed by atoms with Gasteiger partial charge in [0.15, 0.2) is 5.82 Å². The van der Waals surface area contributed by atoms with Gasteiger partial charge in [0.25, 0.3) is 0 Å². The zero-order valence-corrected chi connectivity index (χ0v) is 10.7. The molecule has 0 atom stereocenters. The van der Waals surface area contributed by atoms with Gasteiger partial charge in [0.1, 0.15) is 5.56 Å². The van der Waals surface area contributed by atoms with Crippen LogP contribution >= 0.6 is 0 Å². The van der Waals surface area contributed by atoms with Gasteiger partial charge in [-0.3, -0.25) is 0 Å². The van der Waals surface area contributed by atoms with E-state index < -0.39 is 5.97 Å². The van der Waals surface area contributed by atoms with Crippen LogP contribution in [0.4, 0.5) is 5.82 Å². The zero-order chi connectivity index (χ0) is 13.6. The van der Waals surface area contributed by atoms with Crippen LogP contribution in [0.25, 0.3) is 0 Å². The summed E-state index contributed by atoms with van der Waals surface area (Å²) in [5.74, 6) is -0.748. The van der Waals surface area contributed by atoms with Crippen molar-refractivity contribution in [1.29, 1.82) is 0 Å². The Morgan fingerprint density at radius 2 is 2.22 bits per heavy atom. The Morgan fingerprint density at radius 1 is 1.50 bits per heavy atom. The Hall–Kier alpha value is -1.69. The van der Waals surface area contributed by atoms with Gasteiger partial charge in [0.2, 0.25) is 0 Å². The average molecular weight is 253 g/mol. The summed E-state index contributed by atoms with van der Waals surface area (Å²) in [6, 6.07) is 1.42. The number of nitrogens with one attached hydrogen (secondary N) is 1. The van der Waals surface area contributed by atoms with Crippen LogP contribution in [-0.2, 0) is 0 Å². The molecule has 0 unspecified atom stereocenters. The number of aromatic nitrogens is 2. The molecule has 0 saturated carbocycles. The van der Waals surface area contributed by atoms with Crippen molar-refractivity contribution in [2.45, 2.75) is 26.7 Å². The molecule has 18 heavy (non-hydrogen) atoms. The standard InChI is InChI=1S/C12H19N3O3/c1-12(2,5-3-7-16)8-13-10-9(11(17)18)4-6-14-15-10/h4,6,16H,3,5,7-8H2,1-2H3,(H,13,15)(H,17,18). The van der Waals surface area contributed by atoms with Crippen molar-refractivity contribution in [3.8, 4) is 0 Å². The molecular weight excluding hydrogens is 234 g/mol. The number of hydrogen-bond donors (Lipinski definition) is 3. The van der Waals surface area contributed by atoms with E-state index >= 15 is 0 Å². The lowest BCUT2D eigenvalue weighted by Gasteiger charge is -2.25. The highest BCUT2D eigenvalue weighted by Crippen LogP contribution is 2.23. The molecule has 100 valence electrons. The SMILES string of the molecule is CC(C)(CCCO)CNc1nnccc1C(=O)O. The quantitative estimate of drug-likeness (QED) is 0.679. The van der Waals surface area contributed by atoms with Gasteiger partial charge in [0.05, 0.1) is 6.20 Å². The number of aliphatic hydroxyl groups excluding tert-OH is 1. The molecule has 3 N–H and O–H groups in total. The minimum atomic E-state index is -1.03. The number of hydrogen-bond acceptors (Lipinski definition) is 5. The molecule has 0 radical (unpaired) electrons. The molecular formula is C12H19N3O3. The van der Waals surface area contributed by atoms with E-state index in [1.165, 1.54) is 12.3 Å². The van der Waals surface area contributed by atoms with Gasteiger partial charge in [-0.1, -0.05) is 13.8 Å². The van der Waals surface area contributed by atoms with E-state index in [-0.39, 0.29) is 23.4 Å². The molecule has 0 amide bonds. The molecule has 0 bridgehead atoms. The molecule has 0 spiro atoms. The Bertz CT molecular complexity index is 407. The number of carboxylic acid groups (broad SMARTS) is 1. The number of aromatic carboxylic acids is 1. The van der Waals surface area contributed by atoms with Crippen LogP contribution in [0.5, 0.6) is 0 Å². The zero-order valence-electron chi connectivity index (χ0n) is 10.7. The summed E-state index contributed by atoms with van der Waals surface area (Å²) in [6.45, 7) is 4.83. The van der Waals surface area contributed by atoms with Gasteiger partial charge >= 0.3 is 5.97 Å². The van der Waals surface area contributed by atoms with Crippen LogP contribution in [0.2, 0.25) is 0 Å². The summed E-state index contributed by atoms with van der Waals surface area (Å²) in [5.41, 5.74) is 0.0682. The van der Waals surface area contributed by atoms with Gasteiger partial charge in [-0.15, -0.1) is 5.10 Å². The van der Waals surface area contributed by atoms with Crippen molar-refractivity contribution in [2.24, 2.45) is 5.41 Å². The molecule has 0 aliphatic carbocycles. The van der Waals surface area contributed by atoms with E-state index in [0.717, 1.165) is 12.8 Å². The molecule has 1 rings (SSSR count). The second-order valence-electron chi connectivity index (χ2n) is 4.94. The molecule has 1 aromatic rings. The van der Waals surface area contributed by atoms with Crippen LogP contribution in [0.1, 0.15) is 37.0 Å². The first kappa shape index (κ1) is 14.4. The third-order valence-electron chi connectivity index (χ3n) is 2.70. The lowest BCUT2D eigenvalue weighted by atomic mass is 9.88. The molecule has 0 aromatic carbocycles. The highest BCUT2D eigenvalue weighted by Gasteiger charge is 2.19. The van der Waals surface area contributed by atoms with Gasteiger partial charge in [0, 0.05) is 13.2 Å². The lowest BCUT2D eigenvalue weighted by Crippen LogP contribution is -2.25. The molecule has 0 aliphatic rings. The van der Waals surface area contributed by atoms with Crippen molar-refractivity contribution in [3.05, 3.63) is 17.8 Å². The molecule has 1 aromatic heterocycles. The Labute approximate surface area is 106 Å². The summed E-state index contributed by atoms with van der Waals surface area (Å²) >= 11 is 0. The Morgan fingerprint density at radius 3 is 2.83 bits per heavy atom. The van der Waals surface area contributed by atoms with Gasteiger partial charge < -0.3 is 15.5 Å². The molecule has 0 aliphatic heterocycles. The van der Waals surface area contributed by atoms with Crippen LogP contribution in [0.15, 0.2) is 12.3 Å². The molecule has 6 nitrogen and oxygen atoms in total. The van der Waals surface area contributed by atoms with Crippen molar-refractivity contribution >= 4 is 11.8 Å². The van der Waals surface area contributed by atoms with Crippen LogP contribution in [0.3, 0.4) is 0 Å². The number of anilines is 1. The second-order valence-corrected chi connectivity index (χ2v) is 4.94. The van der Waals surface area contributed by atoms with E-state index in [0.29, 0.717) is 6.54 Å². The normalized spacial score (nSPS) is 11.3. The van der Waals surface area contributed by atoms with Gasteiger partial charge in [-0.25, -0.2) is 4.79 Å². The summed E-state index contributed by atoms with van der Waals surface area (Å²) in [6.07, 6.45) is 2.92. The highest BCUT2D eigenvalue weighted by molar-refractivity contribution is 5.92. The molecule has 6 heteroatoms. The number of carboxylic acids is 1. The highest BCUT2D eigenvalue weighted by atomic mass is 16.4. The summed E-state index contributed by atoms with van der Waals surface area (Å²) < 4.78 is 0. The van der Waals surface area contributed by atoms with E-state index in [2.05, 4.69) is 15.5 Å². The lowest BCUT2D eigenvalue weighted by molar-refractivity contribution is 0.0697. The maximum absolute atomic E-state index is 11.0. The Balaban J connectivity index is 2.65. The van der Waals surface area contributed by atoms with Crippen molar-refractivity contribution < 1.29 is 15.0 Å². The molecule has 1 heterocycles. The van der Waals surface area contributed by atoms with Crippen molar-refractivity contribution in [3.63, 3.8) is 0 Å². The van der Waals surface area contributed by atoms with Crippen molar-refractivity contribution in [1.82, 2.24) is 10.2 Å². The predicted octanol–water partition coefficient (Wildman–Crippen LogP) is 1.39. The summed E-state index contributed by atoms with van der Waals surface area (Å²) in [5, 5.41) is 28.3. The third-order valence-corrected chi connectivity index (χ3v) is 2.70. The fourth-order valence-electron chi connectivity index (χ4n) is 1.60. The van der Waals surface area contributed by atoms with Gasteiger partial charge in [-0.2, -0.15) is 5.10 Å². The monoisotopic (exact) mass is 253 g/mol. The maximum Gasteiger partial charge on any atom is 0.339 e. The third kappa shape index (κ3) is 4.29. The number of rotatable bonds is 7. The smallest absolute Gasteiger partial charge is 0.339 e. The number of nitrogens with zero attached hydrogens (tertiary/aromatic N) is 2. The number of aliphatic hydroxyl groups is 1. The topological polar surface area (TPSA) is 95.3 Å². The predicted molar refractivity (Wildman–Crippen MR) is 67.6 cm³/mol. The minimum absolute atomic E-state index is 0.0456. The summed E-state index contributed by atoms with van der Waals surface area (Å²) in [4.78, 5) is 11.0. The van der Waals surface area contributed by atoms with Crippen molar-refractivity contribution in [2.75, 3.05) is 18.5 Å². The van der Waals surface area contributed by atoms with E-state index in [1.807, 2.05) is 13.8 Å². The maximum atomic E-state index is 11.0. The first-order chi connectivity index (χ1) is 8.46. The van der Waals surface area contributed by atoms with Crippen LogP contribution in [-0.4, -0.2) is 39.5 Å². The van der Waals surface area contributed by atoms with E-state index in [4.69, 9.17) is 10.2 Å². The second kappa shape index (κ2) is 6.30. The van der Waals surface area contributed by atoms with E-state index in [9.17, 15) is 4.79 Å². The van der Waals surface area contributed by atoms with Crippen LogP contribution in [0, 0.1) is 5.41 Å². The first-order valence-electron chi connectivity index (χ1n) is 5.86. The minimum Gasteiger partial charge on any atom is -0.478 e. The number of carbonyl (C=O) groups is 1. The fraction of sp³-hybridized carbons (Fsp3) is 0.583. The molecule has 0 saturated heterocycles. The fourth-order valence-corrected chi connectivity index (χ4v) is 1.60. The van der Waals surface area contributed by atoms with Gasteiger partial charge in [-0.05, 0) is 24.3 Å². The Kier molecular flexibility index (Phi) is 5.03. The summed E-state index contributed by atoms with van der Waals surface area (Å²) in [7, 11) is 0. The molecule has 0 fully saturated rings. The van der Waals surface area contributed by atoms with Crippen LogP contribution < -0.4 is 5.32 Å². The van der Waals surface area contributed by atoms with E-state index in [1.54, 1.807) is 0 Å². The largest absolute Gasteiger partial charge is 0.478 e.